The molecule has 144 valence electrons. The first-order valence-corrected chi connectivity index (χ1v) is 9.57. The van der Waals surface area contributed by atoms with E-state index < -0.39 is 37.1 Å². The number of allylic oxidation sites excluding steroid dienone is 1. The van der Waals surface area contributed by atoms with Gasteiger partial charge in [-0.2, -0.15) is 0 Å². The highest BCUT2D eigenvalue weighted by Gasteiger charge is 2.56. The summed E-state index contributed by atoms with van der Waals surface area (Å²) in [5.41, 5.74) is -0.789. The molecule has 1 fully saturated rings. The van der Waals surface area contributed by atoms with Crippen LogP contribution in [-0.4, -0.2) is 55.7 Å². The standard InChI is InChI=1S/C16H28NO7P/c1-8-9-11-10-12(14(18)21-5)17(15(19)24-16(2,3)4)13(11)25(20,22-6)23-7/h8,11-13H,1,9-10H2,2-7H3/t11-,12+,13-/m1/s1. The van der Waals surface area contributed by atoms with Gasteiger partial charge in [0.15, 0.2) is 0 Å². The predicted octanol–water partition coefficient (Wildman–Crippen LogP) is 3.17. The first-order chi connectivity index (χ1) is 11.5. The summed E-state index contributed by atoms with van der Waals surface area (Å²) in [6.07, 6.45) is 1.54. The fraction of sp³-hybridized carbons (Fsp3) is 0.750. The van der Waals surface area contributed by atoms with E-state index in [2.05, 4.69) is 6.58 Å². The smallest absolute Gasteiger partial charge is 0.411 e. The van der Waals surface area contributed by atoms with Crippen LogP contribution in [0.3, 0.4) is 0 Å². The maximum absolute atomic E-state index is 13.1. The van der Waals surface area contributed by atoms with E-state index in [-0.39, 0.29) is 12.3 Å². The van der Waals surface area contributed by atoms with Gasteiger partial charge in [0, 0.05) is 14.2 Å². The van der Waals surface area contributed by atoms with E-state index in [1.807, 2.05) is 0 Å². The molecule has 0 aromatic rings. The summed E-state index contributed by atoms with van der Waals surface area (Å²) < 4.78 is 33.6. The Kier molecular flexibility index (Phi) is 7.23. The van der Waals surface area contributed by atoms with Crippen LogP contribution in [0.15, 0.2) is 12.7 Å². The van der Waals surface area contributed by atoms with Gasteiger partial charge in [-0.05, 0) is 39.5 Å². The molecule has 0 aliphatic carbocycles. The predicted molar refractivity (Wildman–Crippen MR) is 92.2 cm³/mol. The Balaban J connectivity index is 3.40. The topological polar surface area (TPSA) is 91.4 Å². The Morgan fingerprint density at radius 3 is 2.20 bits per heavy atom. The molecule has 1 aliphatic heterocycles. The van der Waals surface area contributed by atoms with E-state index in [9.17, 15) is 14.2 Å². The zero-order valence-corrected chi connectivity index (χ0v) is 16.6. The van der Waals surface area contributed by atoms with Crippen molar-refractivity contribution in [3.8, 4) is 0 Å². The third-order valence-electron chi connectivity index (χ3n) is 3.95. The van der Waals surface area contributed by atoms with Crippen LogP contribution >= 0.6 is 7.60 Å². The summed E-state index contributed by atoms with van der Waals surface area (Å²) in [6, 6.07) is -0.937. The Bertz CT molecular complexity index is 549. The lowest BCUT2D eigenvalue weighted by atomic mass is 10.0. The second-order valence-corrected chi connectivity index (χ2v) is 9.10. The maximum Gasteiger partial charge on any atom is 0.411 e. The van der Waals surface area contributed by atoms with Crippen LogP contribution in [0.1, 0.15) is 33.6 Å². The number of nitrogens with zero attached hydrogens (tertiary/aromatic N) is 1. The van der Waals surface area contributed by atoms with Gasteiger partial charge in [-0.3, -0.25) is 9.46 Å². The number of amides is 1. The zero-order valence-electron chi connectivity index (χ0n) is 15.7. The molecule has 0 saturated carbocycles. The molecule has 1 heterocycles. The summed E-state index contributed by atoms with van der Waals surface area (Å²) in [4.78, 5) is 26.1. The van der Waals surface area contributed by atoms with E-state index in [0.717, 1.165) is 4.90 Å². The van der Waals surface area contributed by atoms with Gasteiger partial charge in [0.25, 0.3) is 0 Å². The van der Waals surface area contributed by atoms with Crippen molar-refractivity contribution in [3.05, 3.63) is 12.7 Å². The van der Waals surface area contributed by atoms with Gasteiger partial charge in [-0.1, -0.05) is 6.08 Å². The van der Waals surface area contributed by atoms with Gasteiger partial charge in [-0.15, -0.1) is 6.58 Å². The third-order valence-corrected chi connectivity index (χ3v) is 6.28. The maximum atomic E-state index is 13.1. The first-order valence-electron chi connectivity index (χ1n) is 7.95. The van der Waals surface area contributed by atoms with Crippen LogP contribution in [0.4, 0.5) is 4.79 Å². The fourth-order valence-electron chi connectivity index (χ4n) is 2.96. The molecule has 0 bridgehead atoms. The van der Waals surface area contributed by atoms with Gasteiger partial charge in [0.05, 0.1) is 7.11 Å². The van der Waals surface area contributed by atoms with E-state index in [1.54, 1.807) is 26.8 Å². The Labute approximate surface area is 149 Å². The summed E-state index contributed by atoms with van der Waals surface area (Å²) in [5, 5.41) is 0. The lowest BCUT2D eigenvalue weighted by molar-refractivity contribution is -0.145. The summed E-state index contributed by atoms with van der Waals surface area (Å²) >= 11 is 0. The van der Waals surface area contributed by atoms with Gasteiger partial charge in [0.2, 0.25) is 0 Å². The molecular formula is C16H28NO7P. The fourth-order valence-corrected chi connectivity index (χ4v) is 4.86. The molecule has 8 nitrogen and oxygen atoms in total. The van der Waals surface area contributed by atoms with Gasteiger partial charge >= 0.3 is 19.7 Å². The van der Waals surface area contributed by atoms with E-state index >= 15 is 0 Å². The summed E-state index contributed by atoms with van der Waals surface area (Å²) in [5.74, 6) is -1.93. The molecular weight excluding hydrogens is 349 g/mol. The van der Waals surface area contributed by atoms with Crippen LogP contribution in [0, 0.1) is 5.92 Å². The third kappa shape index (κ3) is 4.84. The Morgan fingerprint density at radius 2 is 1.80 bits per heavy atom. The van der Waals surface area contributed by atoms with Crippen LogP contribution in [-0.2, 0) is 27.9 Å². The van der Waals surface area contributed by atoms with Crippen molar-refractivity contribution in [2.45, 2.75) is 51.0 Å². The van der Waals surface area contributed by atoms with Crippen molar-refractivity contribution in [1.29, 1.82) is 0 Å². The molecule has 1 amide bonds. The lowest BCUT2D eigenvalue weighted by Gasteiger charge is -2.34. The molecule has 0 spiro atoms. The molecule has 0 N–H and O–H groups in total. The Hall–Kier alpha value is -1.37. The molecule has 1 rings (SSSR count). The van der Waals surface area contributed by atoms with Crippen molar-refractivity contribution in [1.82, 2.24) is 4.90 Å². The number of likely N-dealkylation sites (tertiary alicyclic amines) is 1. The number of rotatable bonds is 6. The second-order valence-electron chi connectivity index (χ2n) is 6.77. The van der Waals surface area contributed by atoms with Gasteiger partial charge in [0.1, 0.15) is 17.4 Å². The van der Waals surface area contributed by atoms with Gasteiger partial charge in [-0.25, -0.2) is 9.59 Å². The molecule has 9 heteroatoms. The molecule has 1 saturated heterocycles. The molecule has 0 aromatic heterocycles. The highest BCUT2D eigenvalue weighted by atomic mass is 31.2. The molecule has 3 atom stereocenters. The second kappa shape index (κ2) is 8.34. The quantitative estimate of drug-likeness (QED) is 0.399. The first kappa shape index (κ1) is 21.7. The van der Waals surface area contributed by atoms with Gasteiger partial charge < -0.3 is 18.5 Å². The molecule has 0 unspecified atom stereocenters. The zero-order chi connectivity index (χ0) is 19.4. The number of esters is 1. The van der Waals surface area contributed by atoms with Crippen LogP contribution in [0.25, 0.3) is 0 Å². The average Bonchev–Trinajstić information content (AvgIpc) is 2.92. The summed E-state index contributed by atoms with van der Waals surface area (Å²) in [6.45, 7) is 8.80. The normalized spacial score (nSPS) is 24.1. The highest BCUT2D eigenvalue weighted by molar-refractivity contribution is 7.54. The van der Waals surface area contributed by atoms with Crippen molar-refractivity contribution < 1.29 is 32.7 Å². The number of methoxy groups -OCH3 is 1. The minimum absolute atomic E-state index is 0.249. The van der Waals surface area contributed by atoms with Crippen LogP contribution < -0.4 is 0 Å². The monoisotopic (exact) mass is 377 g/mol. The van der Waals surface area contributed by atoms with Crippen molar-refractivity contribution in [2.24, 2.45) is 5.92 Å². The van der Waals surface area contributed by atoms with Crippen molar-refractivity contribution in [3.63, 3.8) is 0 Å². The molecule has 0 radical (unpaired) electrons. The van der Waals surface area contributed by atoms with E-state index in [4.69, 9.17) is 18.5 Å². The van der Waals surface area contributed by atoms with Crippen molar-refractivity contribution in [2.75, 3.05) is 21.3 Å². The average molecular weight is 377 g/mol. The number of ether oxygens (including phenoxy) is 2. The van der Waals surface area contributed by atoms with Crippen LogP contribution in [0.5, 0.6) is 0 Å². The Morgan fingerprint density at radius 1 is 1.24 bits per heavy atom. The molecule has 1 aliphatic rings. The van der Waals surface area contributed by atoms with E-state index in [0.29, 0.717) is 6.42 Å². The minimum Gasteiger partial charge on any atom is -0.467 e. The molecule has 0 aromatic carbocycles. The van der Waals surface area contributed by atoms with E-state index in [1.165, 1.54) is 21.3 Å². The SMILES string of the molecule is C=CC[C@@H]1C[C@@H](C(=O)OC)N(C(=O)OC(C)(C)C)[C@@H]1P(=O)(OC)OC. The number of carbonyl (C=O) groups is 2. The molecule has 25 heavy (non-hydrogen) atoms. The van der Waals surface area contributed by atoms with Crippen molar-refractivity contribution >= 4 is 19.7 Å². The number of hydrogen-bond donors (Lipinski definition) is 0. The highest BCUT2D eigenvalue weighted by Crippen LogP contribution is 2.60. The van der Waals surface area contributed by atoms with Crippen LogP contribution in [0.2, 0.25) is 0 Å². The number of carbonyl (C=O) groups excluding carboxylic acids is 2. The summed E-state index contributed by atoms with van der Waals surface area (Å²) in [7, 11) is 0.0137. The number of hydrogen-bond acceptors (Lipinski definition) is 7. The largest absolute Gasteiger partial charge is 0.467 e. The minimum atomic E-state index is -3.71. The lowest BCUT2D eigenvalue weighted by Crippen LogP contribution is -2.48.